The van der Waals surface area contributed by atoms with E-state index in [0.29, 0.717) is 6.04 Å². The van der Waals surface area contributed by atoms with Crippen LogP contribution in [0.5, 0.6) is 0 Å². The Morgan fingerprint density at radius 2 is 2.00 bits per heavy atom. The summed E-state index contributed by atoms with van der Waals surface area (Å²) in [5.41, 5.74) is 1.20. The van der Waals surface area contributed by atoms with Crippen LogP contribution in [0.4, 0.5) is 0 Å². The predicted octanol–water partition coefficient (Wildman–Crippen LogP) is 2.11. The van der Waals surface area contributed by atoms with Crippen LogP contribution in [0, 0.1) is 0 Å². The third-order valence-corrected chi connectivity index (χ3v) is 5.07. The minimum Gasteiger partial charge on any atom is -0.472 e. The molecule has 23 heavy (non-hydrogen) atoms. The van der Waals surface area contributed by atoms with E-state index in [0.717, 1.165) is 45.9 Å². The molecule has 2 fully saturated rings. The molecule has 0 radical (unpaired) electrons. The Bertz CT molecular complexity index is 425. The van der Waals surface area contributed by atoms with Crippen molar-refractivity contribution in [1.82, 2.24) is 9.80 Å². The average molecular weight is 322 g/mol. The van der Waals surface area contributed by atoms with Gasteiger partial charge in [0.25, 0.3) is 0 Å². The number of furan rings is 1. The van der Waals surface area contributed by atoms with E-state index in [1.54, 1.807) is 6.26 Å². The van der Waals surface area contributed by atoms with Crippen molar-refractivity contribution in [1.29, 1.82) is 0 Å². The first-order valence-electron chi connectivity index (χ1n) is 9.04. The monoisotopic (exact) mass is 322 g/mol. The van der Waals surface area contributed by atoms with E-state index in [2.05, 4.69) is 9.80 Å². The van der Waals surface area contributed by atoms with Gasteiger partial charge in [-0.2, -0.15) is 0 Å². The number of β-amino-alcohol motifs (C(OH)–C–C–N with tert-alkyl or cyclic N) is 1. The number of morpholine rings is 1. The molecule has 1 aliphatic carbocycles. The molecule has 1 aliphatic heterocycles. The summed E-state index contributed by atoms with van der Waals surface area (Å²) < 4.78 is 10.6. The molecule has 5 heteroatoms. The van der Waals surface area contributed by atoms with Crippen LogP contribution < -0.4 is 0 Å². The molecule has 2 heterocycles. The van der Waals surface area contributed by atoms with Crippen LogP contribution in [0.3, 0.4) is 0 Å². The minimum atomic E-state index is -0.304. The maximum Gasteiger partial charge on any atom is 0.0947 e. The van der Waals surface area contributed by atoms with Crippen LogP contribution in [0.15, 0.2) is 23.0 Å². The highest BCUT2D eigenvalue weighted by molar-refractivity contribution is 5.05. The lowest BCUT2D eigenvalue weighted by molar-refractivity contribution is -0.000335. The Hall–Kier alpha value is -0.880. The molecule has 3 rings (SSSR count). The topological polar surface area (TPSA) is 49.1 Å². The molecule has 5 nitrogen and oxygen atoms in total. The van der Waals surface area contributed by atoms with E-state index in [1.165, 1.54) is 37.7 Å². The molecule has 1 saturated heterocycles. The molecule has 0 bridgehead atoms. The van der Waals surface area contributed by atoms with Crippen molar-refractivity contribution in [2.45, 2.75) is 50.8 Å². The largest absolute Gasteiger partial charge is 0.472 e. The Labute approximate surface area is 139 Å². The number of hydrogen-bond acceptors (Lipinski definition) is 5. The summed E-state index contributed by atoms with van der Waals surface area (Å²) in [6, 6.07) is 2.63. The van der Waals surface area contributed by atoms with Gasteiger partial charge in [0, 0.05) is 44.3 Å². The van der Waals surface area contributed by atoms with Crippen molar-refractivity contribution in [3.63, 3.8) is 0 Å². The van der Waals surface area contributed by atoms with E-state index in [1.807, 2.05) is 12.3 Å². The van der Waals surface area contributed by atoms with Gasteiger partial charge in [-0.1, -0.05) is 19.3 Å². The Kier molecular flexibility index (Phi) is 6.51. The lowest BCUT2D eigenvalue weighted by Gasteiger charge is -2.36. The van der Waals surface area contributed by atoms with Gasteiger partial charge in [-0.3, -0.25) is 9.80 Å². The van der Waals surface area contributed by atoms with Crippen LogP contribution in [0.25, 0.3) is 0 Å². The number of aliphatic hydroxyl groups is 1. The number of rotatable bonds is 7. The van der Waals surface area contributed by atoms with E-state index < -0.39 is 0 Å². The molecule has 130 valence electrons. The molecule has 1 aromatic heterocycles. The maximum atomic E-state index is 10.6. The second kappa shape index (κ2) is 8.83. The van der Waals surface area contributed by atoms with Gasteiger partial charge >= 0.3 is 0 Å². The third-order valence-electron chi connectivity index (χ3n) is 5.07. The molecule has 1 atom stereocenters. The van der Waals surface area contributed by atoms with E-state index in [-0.39, 0.29) is 6.10 Å². The summed E-state index contributed by atoms with van der Waals surface area (Å²) in [5.74, 6) is 0. The average Bonchev–Trinajstić information content (AvgIpc) is 3.09. The summed E-state index contributed by atoms with van der Waals surface area (Å²) >= 11 is 0. The second-order valence-corrected chi connectivity index (χ2v) is 6.92. The maximum absolute atomic E-state index is 10.6. The van der Waals surface area contributed by atoms with Crippen molar-refractivity contribution in [3.8, 4) is 0 Å². The fraction of sp³-hybridized carbons (Fsp3) is 0.778. The number of aliphatic hydroxyl groups excluding tert-OH is 1. The highest BCUT2D eigenvalue weighted by Gasteiger charge is 2.25. The van der Waals surface area contributed by atoms with Crippen molar-refractivity contribution < 1.29 is 14.3 Å². The zero-order valence-corrected chi connectivity index (χ0v) is 14.0. The molecule has 0 amide bonds. The zero-order valence-electron chi connectivity index (χ0n) is 14.0. The summed E-state index contributed by atoms with van der Waals surface area (Å²) in [6.07, 6.45) is 9.74. The fourth-order valence-corrected chi connectivity index (χ4v) is 3.82. The predicted molar refractivity (Wildman–Crippen MR) is 89.3 cm³/mol. The van der Waals surface area contributed by atoms with Crippen molar-refractivity contribution in [2.24, 2.45) is 0 Å². The molecule has 1 aromatic rings. The SMILES string of the molecule is OC(CN1CCOCC1)CN(Cc1ccoc1)C1CCCCC1. The first-order chi connectivity index (χ1) is 11.3. The molecule has 1 N–H and O–H groups in total. The standard InChI is InChI=1S/C18H30N2O3/c21-18(13-19-7-10-22-11-8-19)14-20(12-16-6-9-23-15-16)17-4-2-1-3-5-17/h6,9,15,17-18,21H,1-5,7-8,10-14H2. The quantitative estimate of drug-likeness (QED) is 0.833. The number of hydrogen-bond donors (Lipinski definition) is 1. The Morgan fingerprint density at radius 3 is 2.70 bits per heavy atom. The van der Waals surface area contributed by atoms with E-state index in [4.69, 9.17) is 9.15 Å². The summed E-state index contributed by atoms with van der Waals surface area (Å²) in [4.78, 5) is 4.78. The first kappa shape index (κ1) is 17.0. The minimum absolute atomic E-state index is 0.304. The summed E-state index contributed by atoms with van der Waals surface area (Å²) in [7, 11) is 0. The Morgan fingerprint density at radius 1 is 1.22 bits per heavy atom. The van der Waals surface area contributed by atoms with Crippen LogP contribution >= 0.6 is 0 Å². The molecular weight excluding hydrogens is 292 g/mol. The molecule has 1 saturated carbocycles. The van der Waals surface area contributed by atoms with Gasteiger partial charge in [-0.15, -0.1) is 0 Å². The molecule has 2 aliphatic rings. The lowest BCUT2D eigenvalue weighted by atomic mass is 9.93. The van der Waals surface area contributed by atoms with Crippen LogP contribution in [0.2, 0.25) is 0 Å². The lowest BCUT2D eigenvalue weighted by Crippen LogP contribution is -2.47. The van der Waals surface area contributed by atoms with Crippen molar-refractivity contribution >= 4 is 0 Å². The first-order valence-corrected chi connectivity index (χ1v) is 9.04. The van der Waals surface area contributed by atoms with Crippen molar-refractivity contribution in [2.75, 3.05) is 39.4 Å². The normalized spacial score (nSPS) is 22.5. The molecule has 0 aromatic carbocycles. The highest BCUT2D eigenvalue weighted by atomic mass is 16.5. The van der Waals surface area contributed by atoms with Crippen LogP contribution in [0.1, 0.15) is 37.7 Å². The molecule has 1 unspecified atom stereocenters. The van der Waals surface area contributed by atoms with Gasteiger partial charge in [0.2, 0.25) is 0 Å². The zero-order chi connectivity index (χ0) is 15.9. The van der Waals surface area contributed by atoms with Gasteiger partial charge in [-0.25, -0.2) is 0 Å². The van der Waals surface area contributed by atoms with Gasteiger partial charge in [0.15, 0.2) is 0 Å². The number of nitrogens with zero attached hydrogens (tertiary/aromatic N) is 2. The van der Waals surface area contributed by atoms with Crippen LogP contribution in [-0.2, 0) is 11.3 Å². The van der Waals surface area contributed by atoms with Crippen LogP contribution in [-0.4, -0.2) is 66.4 Å². The molecule has 0 spiro atoms. The highest BCUT2D eigenvalue weighted by Crippen LogP contribution is 2.24. The van der Waals surface area contributed by atoms with Gasteiger partial charge < -0.3 is 14.3 Å². The van der Waals surface area contributed by atoms with Gasteiger partial charge in [0.05, 0.1) is 31.8 Å². The third kappa shape index (κ3) is 5.31. The Balaban J connectivity index is 1.55. The van der Waals surface area contributed by atoms with Crippen molar-refractivity contribution in [3.05, 3.63) is 24.2 Å². The summed E-state index contributed by atoms with van der Waals surface area (Å²) in [5, 5.41) is 10.6. The summed E-state index contributed by atoms with van der Waals surface area (Å²) in [6.45, 7) is 5.80. The fourth-order valence-electron chi connectivity index (χ4n) is 3.82. The van der Waals surface area contributed by atoms with E-state index in [9.17, 15) is 5.11 Å². The second-order valence-electron chi connectivity index (χ2n) is 6.92. The van der Waals surface area contributed by atoms with E-state index >= 15 is 0 Å². The number of ether oxygens (including phenoxy) is 1. The molecular formula is C18H30N2O3. The van der Waals surface area contributed by atoms with Gasteiger partial charge in [0.1, 0.15) is 0 Å². The van der Waals surface area contributed by atoms with Gasteiger partial charge in [-0.05, 0) is 18.9 Å². The smallest absolute Gasteiger partial charge is 0.0947 e.